The van der Waals surface area contributed by atoms with Gasteiger partial charge in [0.05, 0.1) is 5.69 Å². The molecule has 36 heavy (non-hydrogen) atoms. The number of halogens is 2. The Labute approximate surface area is 216 Å². The fourth-order valence-electron chi connectivity index (χ4n) is 4.72. The van der Waals surface area contributed by atoms with E-state index >= 15 is 0 Å². The number of hydrogen-bond acceptors (Lipinski definition) is 4. The molecule has 1 saturated carbocycles. The van der Waals surface area contributed by atoms with Gasteiger partial charge < -0.3 is 0 Å². The lowest BCUT2D eigenvalue weighted by Gasteiger charge is -2.20. The van der Waals surface area contributed by atoms with Gasteiger partial charge in [-0.05, 0) is 30.0 Å². The van der Waals surface area contributed by atoms with E-state index in [1.807, 2.05) is 6.07 Å². The zero-order chi connectivity index (χ0) is 25.1. The minimum atomic E-state index is -0.159. The molecule has 4 aromatic heterocycles. The topological polar surface area (TPSA) is 100 Å². The second-order valence-electron chi connectivity index (χ2n) is 9.07. The summed E-state index contributed by atoms with van der Waals surface area (Å²) >= 11 is 12.2. The van der Waals surface area contributed by atoms with Crippen molar-refractivity contribution in [3.05, 3.63) is 103 Å². The first-order valence-electron chi connectivity index (χ1n) is 12.0. The summed E-state index contributed by atoms with van der Waals surface area (Å²) < 4.78 is 2.85. The van der Waals surface area contributed by atoms with Gasteiger partial charge in [-0.15, -0.1) is 0 Å². The molecule has 0 amide bonds. The third-order valence-corrected chi connectivity index (χ3v) is 7.22. The van der Waals surface area contributed by atoms with Gasteiger partial charge in [-0.2, -0.15) is 0 Å². The molecule has 8 nitrogen and oxygen atoms in total. The van der Waals surface area contributed by atoms with Crippen LogP contribution in [0.2, 0.25) is 10.0 Å². The lowest BCUT2D eigenvalue weighted by molar-refractivity contribution is 0.354. The molecule has 1 aliphatic carbocycles. The van der Waals surface area contributed by atoms with Gasteiger partial charge in [0.1, 0.15) is 0 Å². The molecule has 10 heteroatoms. The van der Waals surface area contributed by atoms with Crippen LogP contribution in [0.1, 0.15) is 49.1 Å². The van der Waals surface area contributed by atoms with Crippen molar-refractivity contribution in [2.75, 3.05) is 0 Å². The zero-order valence-corrected chi connectivity index (χ0v) is 21.1. The molecule has 1 fully saturated rings. The molecule has 4 heterocycles. The van der Waals surface area contributed by atoms with E-state index in [1.54, 1.807) is 42.7 Å². The Kier molecular flexibility index (Phi) is 7.25. The normalized spacial score (nSPS) is 14.2. The van der Waals surface area contributed by atoms with Crippen molar-refractivity contribution in [1.29, 1.82) is 0 Å². The molecule has 186 valence electrons. The maximum atomic E-state index is 11.8. The second kappa shape index (κ2) is 10.7. The van der Waals surface area contributed by atoms with Crippen LogP contribution < -0.4 is 11.1 Å². The molecule has 0 unspecified atom stereocenters. The fourth-order valence-corrected chi connectivity index (χ4v) is 5.25. The van der Waals surface area contributed by atoms with Crippen molar-refractivity contribution in [3.63, 3.8) is 0 Å². The van der Waals surface area contributed by atoms with Gasteiger partial charge >= 0.3 is 0 Å². The summed E-state index contributed by atoms with van der Waals surface area (Å²) in [6.45, 7) is 0. The number of fused-ring (bicyclic) bond motifs is 2. The van der Waals surface area contributed by atoms with E-state index in [0.717, 1.165) is 29.2 Å². The monoisotopic (exact) mass is 524 g/mol. The molecule has 0 saturated heterocycles. The summed E-state index contributed by atoms with van der Waals surface area (Å²) in [5.74, 6) is 0.719. The standard InChI is InChI=1S/C13H9Cl2N3O.C13H17N3O/c14-10-2-1-3-11(15)9(10)6-8-7-13(19)18-12(17-8)4-5-16-18;17-13-9-11(8-10-4-2-1-3-5-10)15-12-6-7-14-16(12)13/h1-5,7,16H,6H2;6-7,9-10,14H,1-5,8H2. The van der Waals surface area contributed by atoms with Gasteiger partial charge in [0, 0.05) is 58.8 Å². The Hall–Kier alpha value is -3.36. The number of rotatable bonds is 4. The Morgan fingerprint density at radius 2 is 1.36 bits per heavy atom. The third kappa shape index (κ3) is 5.39. The largest absolute Gasteiger partial charge is 0.297 e. The van der Waals surface area contributed by atoms with Crippen LogP contribution in [0.5, 0.6) is 0 Å². The summed E-state index contributed by atoms with van der Waals surface area (Å²) in [5.41, 5.74) is 3.49. The molecule has 6 rings (SSSR count). The highest BCUT2D eigenvalue weighted by molar-refractivity contribution is 6.36. The first-order chi connectivity index (χ1) is 17.5. The maximum Gasteiger partial charge on any atom is 0.272 e. The Morgan fingerprint density at radius 3 is 1.97 bits per heavy atom. The van der Waals surface area contributed by atoms with Crippen LogP contribution >= 0.6 is 23.2 Å². The van der Waals surface area contributed by atoms with E-state index in [-0.39, 0.29) is 11.1 Å². The third-order valence-electron chi connectivity index (χ3n) is 6.51. The predicted octanol–water partition coefficient (Wildman–Crippen LogP) is 5.07. The van der Waals surface area contributed by atoms with Crippen LogP contribution in [-0.4, -0.2) is 29.2 Å². The summed E-state index contributed by atoms with van der Waals surface area (Å²) in [4.78, 5) is 32.6. The number of aromatic amines is 2. The first-order valence-corrected chi connectivity index (χ1v) is 12.8. The van der Waals surface area contributed by atoms with E-state index in [0.29, 0.717) is 27.8 Å². The number of benzene rings is 1. The summed E-state index contributed by atoms with van der Waals surface area (Å²) in [5, 5.41) is 6.80. The molecular formula is C26H26Cl2N6O2. The smallest absolute Gasteiger partial charge is 0.272 e. The quantitative estimate of drug-likeness (QED) is 0.342. The molecule has 5 aromatic rings. The molecule has 0 spiro atoms. The van der Waals surface area contributed by atoms with E-state index in [1.165, 1.54) is 47.2 Å². The minimum Gasteiger partial charge on any atom is -0.297 e. The lowest BCUT2D eigenvalue weighted by Crippen LogP contribution is -2.17. The van der Waals surface area contributed by atoms with E-state index in [9.17, 15) is 9.59 Å². The molecule has 0 radical (unpaired) electrons. The van der Waals surface area contributed by atoms with Crippen molar-refractivity contribution in [3.8, 4) is 0 Å². The van der Waals surface area contributed by atoms with Gasteiger partial charge in [0.2, 0.25) is 0 Å². The van der Waals surface area contributed by atoms with Crippen LogP contribution in [0.25, 0.3) is 11.3 Å². The number of nitrogens with one attached hydrogen (secondary N) is 2. The Morgan fingerprint density at radius 1 is 0.806 bits per heavy atom. The fraction of sp³-hybridized carbons (Fsp3) is 0.308. The molecule has 1 aromatic carbocycles. The average molecular weight is 525 g/mol. The van der Waals surface area contributed by atoms with Crippen LogP contribution in [0, 0.1) is 5.92 Å². The van der Waals surface area contributed by atoms with E-state index < -0.39 is 0 Å². The summed E-state index contributed by atoms with van der Waals surface area (Å²) in [6, 6.07) is 12.0. The molecule has 0 aliphatic heterocycles. The van der Waals surface area contributed by atoms with Crippen LogP contribution in [0.3, 0.4) is 0 Å². The number of hydrogen-bond donors (Lipinski definition) is 2. The van der Waals surface area contributed by atoms with Crippen LogP contribution in [0.4, 0.5) is 0 Å². The molecule has 0 bridgehead atoms. The van der Waals surface area contributed by atoms with Gasteiger partial charge in [0.25, 0.3) is 11.1 Å². The Bertz CT molecular complexity index is 1590. The van der Waals surface area contributed by atoms with Crippen LogP contribution in [0.15, 0.2) is 64.4 Å². The average Bonchev–Trinajstić information content (AvgIpc) is 3.53. The summed E-state index contributed by atoms with van der Waals surface area (Å²) in [7, 11) is 0. The van der Waals surface area contributed by atoms with Crippen LogP contribution in [-0.2, 0) is 12.8 Å². The van der Waals surface area contributed by atoms with Crippen molar-refractivity contribution in [2.24, 2.45) is 5.92 Å². The van der Waals surface area contributed by atoms with Crippen molar-refractivity contribution in [2.45, 2.75) is 44.9 Å². The van der Waals surface area contributed by atoms with Gasteiger partial charge in [-0.3, -0.25) is 19.8 Å². The highest BCUT2D eigenvalue weighted by atomic mass is 35.5. The predicted molar refractivity (Wildman–Crippen MR) is 141 cm³/mol. The van der Waals surface area contributed by atoms with Gasteiger partial charge in [-0.1, -0.05) is 61.4 Å². The van der Waals surface area contributed by atoms with Crippen molar-refractivity contribution >= 4 is 34.5 Å². The van der Waals surface area contributed by atoms with E-state index in [2.05, 4.69) is 20.2 Å². The molecule has 1 aliphatic rings. The molecule has 2 N–H and O–H groups in total. The SMILES string of the molecule is O=c1cc(CC2CCCCC2)nc2cc[nH]n12.O=c1cc(Cc2c(Cl)cccc2Cl)nc2cc[nH]n12. The molecule has 0 atom stereocenters. The van der Waals surface area contributed by atoms with Gasteiger partial charge in [-0.25, -0.2) is 19.0 Å². The summed E-state index contributed by atoms with van der Waals surface area (Å²) in [6.07, 6.45) is 11.4. The number of nitrogens with zero attached hydrogens (tertiary/aromatic N) is 4. The highest BCUT2D eigenvalue weighted by Crippen LogP contribution is 2.27. The Balaban J connectivity index is 0.000000149. The first kappa shape index (κ1) is 24.3. The minimum absolute atomic E-state index is 0.00851. The maximum absolute atomic E-state index is 11.8. The zero-order valence-electron chi connectivity index (χ0n) is 19.6. The van der Waals surface area contributed by atoms with E-state index in [4.69, 9.17) is 23.2 Å². The van der Waals surface area contributed by atoms with Crippen molar-refractivity contribution < 1.29 is 0 Å². The number of H-pyrrole nitrogens is 2. The van der Waals surface area contributed by atoms with Gasteiger partial charge in [0.15, 0.2) is 11.3 Å². The van der Waals surface area contributed by atoms with Crippen molar-refractivity contribution in [1.82, 2.24) is 29.2 Å². The highest BCUT2D eigenvalue weighted by Gasteiger charge is 2.15. The number of aromatic nitrogens is 6. The molecular weight excluding hydrogens is 499 g/mol. The second-order valence-corrected chi connectivity index (χ2v) is 9.88. The lowest BCUT2D eigenvalue weighted by atomic mass is 9.86.